The summed E-state index contributed by atoms with van der Waals surface area (Å²) in [5.74, 6) is 2.21. The number of carbonyl (C=O) groups excluding carboxylic acids is 1. The van der Waals surface area contributed by atoms with Crippen LogP contribution in [0.25, 0.3) is 22.6 Å². The van der Waals surface area contributed by atoms with E-state index in [2.05, 4.69) is 41.5 Å². The number of fused-ring (bicyclic) bond motifs is 1. The summed E-state index contributed by atoms with van der Waals surface area (Å²) in [6, 6.07) is 23.6. The molecule has 0 bridgehead atoms. The highest BCUT2D eigenvalue weighted by Gasteiger charge is 2.17. The van der Waals surface area contributed by atoms with E-state index in [9.17, 15) is 4.79 Å². The number of carbonyl (C=O) groups is 1. The molecule has 1 aliphatic rings. The van der Waals surface area contributed by atoms with Crippen LogP contribution in [0.2, 0.25) is 0 Å². The summed E-state index contributed by atoms with van der Waals surface area (Å²) in [7, 11) is 0. The largest absolute Gasteiger partial charge is 0.454 e. The number of benzene rings is 3. The first kappa shape index (κ1) is 20.2. The molecule has 2 N–H and O–H groups in total. The molecule has 5 rings (SSSR count). The van der Waals surface area contributed by atoms with Gasteiger partial charge in [0, 0.05) is 22.9 Å². The van der Waals surface area contributed by atoms with Gasteiger partial charge in [-0.25, -0.2) is 4.98 Å². The van der Waals surface area contributed by atoms with Crippen molar-refractivity contribution in [2.75, 3.05) is 17.9 Å². The van der Waals surface area contributed by atoms with Crippen LogP contribution in [0.1, 0.15) is 5.56 Å². The van der Waals surface area contributed by atoms with Gasteiger partial charge in [-0.15, -0.1) is 0 Å². The van der Waals surface area contributed by atoms with Gasteiger partial charge >= 0.3 is 0 Å². The molecule has 0 saturated heterocycles. The fourth-order valence-corrected chi connectivity index (χ4v) is 4.22. The highest BCUT2D eigenvalue weighted by Crippen LogP contribution is 2.35. The van der Waals surface area contributed by atoms with Crippen molar-refractivity contribution in [3.05, 3.63) is 78.4 Å². The van der Waals surface area contributed by atoms with Crippen molar-refractivity contribution < 1.29 is 14.3 Å². The van der Waals surface area contributed by atoms with Crippen LogP contribution in [0.15, 0.2) is 77.8 Å². The van der Waals surface area contributed by atoms with E-state index in [0.29, 0.717) is 17.2 Å². The number of aromatic amines is 1. The summed E-state index contributed by atoms with van der Waals surface area (Å²) in [5.41, 5.74) is 4.80. The molecule has 0 saturated carbocycles. The molecule has 7 heteroatoms. The van der Waals surface area contributed by atoms with Gasteiger partial charge in [-0.1, -0.05) is 71.9 Å². The maximum Gasteiger partial charge on any atom is 0.234 e. The molecule has 1 aliphatic heterocycles. The number of hydrogen-bond acceptors (Lipinski definition) is 5. The second-order valence-corrected chi connectivity index (χ2v) is 8.37. The number of rotatable bonds is 6. The Bertz CT molecular complexity index is 1250. The van der Waals surface area contributed by atoms with Crippen LogP contribution in [0, 0.1) is 6.92 Å². The Morgan fingerprint density at radius 1 is 1.00 bits per heavy atom. The number of nitrogens with zero attached hydrogens (tertiary/aromatic N) is 1. The molecule has 0 radical (unpaired) electrons. The predicted molar refractivity (Wildman–Crippen MR) is 126 cm³/mol. The van der Waals surface area contributed by atoms with Crippen molar-refractivity contribution in [3.63, 3.8) is 0 Å². The highest BCUT2D eigenvalue weighted by molar-refractivity contribution is 8.00. The molecule has 0 aliphatic carbocycles. The Hall–Kier alpha value is -3.71. The lowest BCUT2D eigenvalue weighted by Gasteiger charge is -2.06. The van der Waals surface area contributed by atoms with E-state index in [4.69, 9.17) is 14.5 Å². The van der Waals surface area contributed by atoms with E-state index >= 15 is 0 Å². The lowest BCUT2D eigenvalue weighted by atomic mass is 10.1. The van der Waals surface area contributed by atoms with Crippen molar-refractivity contribution in [1.29, 1.82) is 0 Å². The minimum absolute atomic E-state index is 0.118. The zero-order chi connectivity index (χ0) is 21.9. The van der Waals surface area contributed by atoms with E-state index in [-0.39, 0.29) is 18.5 Å². The van der Waals surface area contributed by atoms with Crippen molar-refractivity contribution in [2.45, 2.75) is 11.9 Å². The number of anilines is 1. The maximum absolute atomic E-state index is 12.6. The molecule has 0 atom stereocenters. The average Bonchev–Trinajstić information content (AvgIpc) is 3.46. The third-order valence-corrected chi connectivity index (χ3v) is 6.03. The summed E-state index contributed by atoms with van der Waals surface area (Å²) >= 11 is 1.40. The van der Waals surface area contributed by atoms with Crippen molar-refractivity contribution in [2.24, 2.45) is 0 Å². The number of thioether (sulfide) groups is 1. The van der Waals surface area contributed by atoms with Gasteiger partial charge in [0.05, 0.1) is 11.4 Å². The van der Waals surface area contributed by atoms with Crippen molar-refractivity contribution in [3.8, 4) is 34.1 Å². The fraction of sp³-hybridized carbons (Fsp3) is 0.120. The minimum atomic E-state index is -0.118. The number of amides is 1. The second kappa shape index (κ2) is 8.80. The maximum atomic E-state index is 12.6. The molecule has 1 amide bonds. The third kappa shape index (κ3) is 4.33. The molecule has 0 fully saturated rings. The van der Waals surface area contributed by atoms with Gasteiger partial charge in [0.15, 0.2) is 11.5 Å². The summed E-state index contributed by atoms with van der Waals surface area (Å²) in [4.78, 5) is 20.9. The van der Waals surface area contributed by atoms with E-state index in [1.807, 2.05) is 30.3 Å². The molecule has 160 valence electrons. The molecule has 4 aromatic rings. The number of imidazole rings is 1. The molecule has 0 unspecified atom stereocenters. The van der Waals surface area contributed by atoms with Gasteiger partial charge in [-0.3, -0.25) is 4.79 Å². The Labute approximate surface area is 190 Å². The number of aromatic nitrogens is 2. The van der Waals surface area contributed by atoms with Crippen LogP contribution in [0.3, 0.4) is 0 Å². The molecule has 0 spiro atoms. The van der Waals surface area contributed by atoms with Crippen molar-refractivity contribution >= 4 is 23.4 Å². The number of aryl methyl sites for hydroxylation is 1. The Morgan fingerprint density at radius 2 is 1.78 bits per heavy atom. The SMILES string of the molecule is Cc1ccc(-c2[nH]c(-c3ccccc3)nc2SCC(=O)Nc2ccc3c(c2)OCO3)cc1. The van der Waals surface area contributed by atoms with Gasteiger partial charge in [0.2, 0.25) is 12.7 Å². The van der Waals surface area contributed by atoms with Crippen LogP contribution >= 0.6 is 11.8 Å². The lowest BCUT2D eigenvalue weighted by molar-refractivity contribution is -0.113. The lowest BCUT2D eigenvalue weighted by Crippen LogP contribution is -2.14. The zero-order valence-electron chi connectivity index (χ0n) is 17.4. The van der Waals surface area contributed by atoms with Gasteiger partial charge in [-0.2, -0.15) is 0 Å². The van der Waals surface area contributed by atoms with E-state index in [1.54, 1.807) is 18.2 Å². The van der Waals surface area contributed by atoms with Gasteiger partial charge in [0.1, 0.15) is 10.9 Å². The Balaban J connectivity index is 1.35. The number of nitrogens with one attached hydrogen (secondary N) is 2. The highest BCUT2D eigenvalue weighted by atomic mass is 32.2. The first-order chi connectivity index (χ1) is 15.7. The van der Waals surface area contributed by atoms with E-state index in [1.165, 1.54) is 17.3 Å². The number of hydrogen-bond donors (Lipinski definition) is 2. The first-order valence-electron chi connectivity index (χ1n) is 10.2. The first-order valence-corrected chi connectivity index (χ1v) is 11.2. The van der Waals surface area contributed by atoms with E-state index in [0.717, 1.165) is 27.7 Å². The van der Waals surface area contributed by atoms with Gasteiger partial charge in [0.25, 0.3) is 0 Å². The molecule has 3 aromatic carbocycles. The molecule has 2 heterocycles. The summed E-state index contributed by atoms with van der Waals surface area (Å²) in [6.45, 7) is 2.26. The molecule has 6 nitrogen and oxygen atoms in total. The third-order valence-electron chi connectivity index (χ3n) is 5.05. The van der Waals surface area contributed by atoms with Crippen LogP contribution in [-0.4, -0.2) is 28.4 Å². The average molecular weight is 444 g/mol. The summed E-state index contributed by atoms with van der Waals surface area (Å²) < 4.78 is 10.7. The summed E-state index contributed by atoms with van der Waals surface area (Å²) in [6.07, 6.45) is 0. The second-order valence-electron chi connectivity index (χ2n) is 7.40. The van der Waals surface area contributed by atoms with Crippen LogP contribution in [-0.2, 0) is 4.79 Å². The van der Waals surface area contributed by atoms with Crippen LogP contribution in [0.5, 0.6) is 11.5 Å². The molecule has 1 aromatic heterocycles. The molecular formula is C25H21N3O3S. The molecule has 32 heavy (non-hydrogen) atoms. The number of ether oxygens (including phenoxy) is 2. The smallest absolute Gasteiger partial charge is 0.234 e. The Morgan fingerprint density at radius 3 is 2.59 bits per heavy atom. The predicted octanol–water partition coefficient (Wildman–Crippen LogP) is 5.51. The van der Waals surface area contributed by atoms with Gasteiger partial charge < -0.3 is 19.8 Å². The minimum Gasteiger partial charge on any atom is -0.454 e. The normalized spacial score (nSPS) is 12.0. The monoisotopic (exact) mass is 443 g/mol. The Kier molecular flexibility index (Phi) is 5.56. The molecular weight excluding hydrogens is 422 g/mol. The van der Waals surface area contributed by atoms with Crippen LogP contribution in [0.4, 0.5) is 5.69 Å². The fourth-order valence-electron chi connectivity index (χ4n) is 3.42. The summed E-state index contributed by atoms with van der Waals surface area (Å²) in [5, 5.41) is 3.70. The van der Waals surface area contributed by atoms with Crippen molar-refractivity contribution in [1.82, 2.24) is 9.97 Å². The van der Waals surface area contributed by atoms with Gasteiger partial charge in [-0.05, 0) is 19.1 Å². The zero-order valence-corrected chi connectivity index (χ0v) is 18.2. The van der Waals surface area contributed by atoms with E-state index < -0.39 is 0 Å². The number of H-pyrrole nitrogens is 1. The van der Waals surface area contributed by atoms with Crippen LogP contribution < -0.4 is 14.8 Å². The quantitative estimate of drug-likeness (QED) is 0.384. The standard InChI is InChI=1S/C25H21N3O3S/c1-16-7-9-17(10-8-16)23-25(28-24(27-23)18-5-3-2-4-6-18)32-14-22(29)26-19-11-12-20-21(13-19)31-15-30-20/h2-13H,14-15H2,1H3,(H,26,29)(H,27,28). The topological polar surface area (TPSA) is 76.2 Å².